The summed E-state index contributed by atoms with van der Waals surface area (Å²) in [5, 5.41) is 3.68. The van der Waals surface area contributed by atoms with Gasteiger partial charge in [-0.25, -0.2) is 0 Å². The molecule has 0 amide bonds. The van der Waals surface area contributed by atoms with Gasteiger partial charge in [-0.1, -0.05) is 18.2 Å². The monoisotopic (exact) mass is 216 g/mol. The Balaban J connectivity index is 1.82. The van der Waals surface area contributed by atoms with Gasteiger partial charge in [0.05, 0.1) is 0 Å². The molecule has 2 heteroatoms. The lowest BCUT2D eigenvalue weighted by molar-refractivity contribution is 0.165. The van der Waals surface area contributed by atoms with Crippen LogP contribution < -0.4 is 5.32 Å². The molecule has 2 atom stereocenters. The Morgan fingerprint density at radius 1 is 1.31 bits per heavy atom. The number of nitrogens with one attached hydrogen (secondary N) is 1. The number of fused-ring (bicyclic) bond motifs is 3. The number of likely N-dealkylation sites (tertiary alicyclic amines) is 1. The van der Waals surface area contributed by atoms with Gasteiger partial charge < -0.3 is 5.32 Å². The summed E-state index contributed by atoms with van der Waals surface area (Å²) in [6.45, 7) is 7.02. The Kier molecular flexibility index (Phi) is 2.40. The minimum Gasteiger partial charge on any atom is -0.380 e. The molecule has 2 heterocycles. The fraction of sp³-hybridized carbons (Fsp3) is 0.571. The molecule has 1 fully saturated rings. The maximum Gasteiger partial charge on any atom is 0.0458 e. The van der Waals surface area contributed by atoms with Gasteiger partial charge in [0.25, 0.3) is 0 Å². The van der Waals surface area contributed by atoms with E-state index < -0.39 is 0 Å². The van der Waals surface area contributed by atoms with E-state index in [1.54, 1.807) is 0 Å². The number of benzene rings is 1. The van der Waals surface area contributed by atoms with Crippen LogP contribution >= 0.6 is 0 Å². The second-order valence-corrected chi connectivity index (χ2v) is 5.32. The molecule has 1 aromatic carbocycles. The summed E-state index contributed by atoms with van der Waals surface area (Å²) >= 11 is 0. The van der Waals surface area contributed by atoms with E-state index in [0.717, 1.165) is 5.92 Å². The molecule has 0 radical (unpaired) electrons. The second kappa shape index (κ2) is 3.77. The molecule has 1 aromatic rings. The van der Waals surface area contributed by atoms with E-state index in [0.29, 0.717) is 12.1 Å². The first-order chi connectivity index (χ1) is 7.75. The molecule has 1 N–H and O–H groups in total. The van der Waals surface area contributed by atoms with Crippen LogP contribution in [0.4, 0.5) is 5.69 Å². The van der Waals surface area contributed by atoms with Crippen LogP contribution in [0.25, 0.3) is 0 Å². The van der Waals surface area contributed by atoms with Crippen molar-refractivity contribution in [2.75, 3.05) is 18.4 Å². The van der Waals surface area contributed by atoms with Crippen LogP contribution in [0.2, 0.25) is 0 Å². The van der Waals surface area contributed by atoms with E-state index in [1.807, 2.05) is 0 Å². The lowest BCUT2D eigenvalue weighted by Gasteiger charge is -2.37. The van der Waals surface area contributed by atoms with E-state index in [2.05, 4.69) is 48.3 Å². The van der Waals surface area contributed by atoms with Crippen LogP contribution in [0, 0.1) is 0 Å². The summed E-state index contributed by atoms with van der Waals surface area (Å²) in [6.07, 6.45) is 1.30. The van der Waals surface area contributed by atoms with E-state index in [-0.39, 0.29) is 0 Å². The van der Waals surface area contributed by atoms with Gasteiger partial charge in [0.15, 0.2) is 0 Å². The molecule has 2 nitrogen and oxygen atoms in total. The summed E-state index contributed by atoms with van der Waals surface area (Å²) < 4.78 is 0. The van der Waals surface area contributed by atoms with Crippen molar-refractivity contribution in [1.82, 2.24) is 4.90 Å². The molecule has 2 unspecified atom stereocenters. The van der Waals surface area contributed by atoms with Crippen LogP contribution in [0.1, 0.15) is 31.7 Å². The Labute approximate surface area is 97.6 Å². The van der Waals surface area contributed by atoms with Crippen molar-refractivity contribution in [2.24, 2.45) is 0 Å². The average Bonchev–Trinajstić information content (AvgIpc) is 2.66. The number of hydrogen-bond donors (Lipinski definition) is 1. The fourth-order valence-electron chi connectivity index (χ4n) is 3.12. The zero-order valence-electron chi connectivity index (χ0n) is 10.1. The molecule has 0 spiro atoms. The van der Waals surface area contributed by atoms with E-state index >= 15 is 0 Å². The first kappa shape index (κ1) is 10.2. The molecular formula is C14H20N2. The molecule has 2 aliphatic rings. The van der Waals surface area contributed by atoms with Gasteiger partial charge in [-0.3, -0.25) is 4.90 Å². The van der Waals surface area contributed by atoms with Crippen molar-refractivity contribution in [3.05, 3.63) is 29.8 Å². The Bertz CT molecular complexity index is 386. The molecule has 0 bridgehead atoms. The van der Waals surface area contributed by atoms with Gasteiger partial charge in [-0.15, -0.1) is 0 Å². The normalized spacial score (nSPS) is 28.7. The molecule has 0 aromatic heterocycles. The lowest BCUT2D eigenvalue weighted by atomic mass is 9.88. The van der Waals surface area contributed by atoms with Crippen molar-refractivity contribution in [2.45, 2.75) is 38.3 Å². The van der Waals surface area contributed by atoms with Gasteiger partial charge in [-0.05, 0) is 38.4 Å². The van der Waals surface area contributed by atoms with Crippen LogP contribution in [-0.2, 0) is 0 Å². The minimum atomic E-state index is 0.633. The molecule has 2 aliphatic heterocycles. The standard InChI is InChI=1S/C14H20N2/c1-10(2)16-8-7-12-11-5-3-4-6-13(11)15-14(12)9-16/h3-6,10,12,14-15H,7-9H2,1-2H3. The topological polar surface area (TPSA) is 15.3 Å². The molecular weight excluding hydrogens is 196 g/mol. The first-order valence-corrected chi connectivity index (χ1v) is 6.35. The Morgan fingerprint density at radius 2 is 2.12 bits per heavy atom. The Morgan fingerprint density at radius 3 is 2.94 bits per heavy atom. The maximum absolute atomic E-state index is 3.68. The molecule has 86 valence electrons. The third-order valence-corrected chi connectivity index (χ3v) is 4.08. The maximum atomic E-state index is 3.68. The predicted octanol–water partition coefficient (Wildman–Crippen LogP) is 2.68. The van der Waals surface area contributed by atoms with Crippen molar-refractivity contribution >= 4 is 5.69 Å². The number of nitrogens with zero attached hydrogens (tertiary/aromatic N) is 1. The number of para-hydroxylation sites is 1. The van der Waals surface area contributed by atoms with Gasteiger partial charge in [0, 0.05) is 30.2 Å². The molecule has 3 rings (SSSR count). The summed E-state index contributed by atoms with van der Waals surface area (Å²) in [5.41, 5.74) is 2.90. The van der Waals surface area contributed by atoms with Gasteiger partial charge in [0.1, 0.15) is 0 Å². The highest BCUT2D eigenvalue weighted by Crippen LogP contribution is 2.40. The van der Waals surface area contributed by atoms with Crippen LogP contribution in [0.3, 0.4) is 0 Å². The van der Waals surface area contributed by atoms with Crippen LogP contribution in [-0.4, -0.2) is 30.1 Å². The zero-order valence-corrected chi connectivity index (χ0v) is 10.1. The van der Waals surface area contributed by atoms with Gasteiger partial charge in [-0.2, -0.15) is 0 Å². The van der Waals surface area contributed by atoms with Crippen molar-refractivity contribution < 1.29 is 0 Å². The summed E-state index contributed by atoms with van der Waals surface area (Å²) in [5.74, 6) is 0.742. The van der Waals surface area contributed by atoms with Crippen molar-refractivity contribution in [3.63, 3.8) is 0 Å². The molecule has 0 saturated carbocycles. The Hall–Kier alpha value is -1.02. The van der Waals surface area contributed by atoms with Crippen LogP contribution in [0.15, 0.2) is 24.3 Å². The highest BCUT2D eigenvalue weighted by molar-refractivity contribution is 5.59. The van der Waals surface area contributed by atoms with Crippen molar-refractivity contribution in [1.29, 1.82) is 0 Å². The molecule has 0 aliphatic carbocycles. The largest absolute Gasteiger partial charge is 0.380 e. The SMILES string of the molecule is CC(C)N1CCC2c3ccccc3NC2C1. The lowest BCUT2D eigenvalue weighted by Crippen LogP contribution is -2.46. The van der Waals surface area contributed by atoms with E-state index in [9.17, 15) is 0 Å². The summed E-state index contributed by atoms with van der Waals surface area (Å²) in [6, 6.07) is 10.1. The van der Waals surface area contributed by atoms with Gasteiger partial charge in [0.2, 0.25) is 0 Å². The number of rotatable bonds is 1. The highest BCUT2D eigenvalue weighted by atomic mass is 15.2. The van der Waals surface area contributed by atoms with E-state index in [1.165, 1.54) is 30.8 Å². The van der Waals surface area contributed by atoms with Gasteiger partial charge >= 0.3 is 0 Å². The first-order valence-electron chi connectivity index (χ1n) is 6.35. The predicted molar refractivity (Wildman–Crippen MR) is 67.9 cm³/mol. The van der Waals surface area contributed by atoms with E-state index in [4.69, 9.17) is 0 Å². The molecule has 1 saturated heterocycles. The third kappa shape index (κ3) is 1.52. The molecule has 16 heavy (non-hydrogen) atoms. The fourth-order valence-corrected chi connectivity index (χ4v) is 3.12. The van der Waals surface area contributed by atoms with Crippen molar-refractivity contribution in [3.8, 4) is 0 Å². The smallest absolute Gasteiger partial charge is 0.0458 e. The third-order valence-electron chi connectivity index (χ3n) is 4.08. The van der Waals surface area contributed by atoms with Crippen LogP contribution in [0.5, 0.6) is 0 Å². The highest BCUT2D eigenvalue weighted by Gasteiger charge is 2.36. The number of piperidine rings is 1. The quantitative estimate of drug-likeness (QED) is 0.776. The minimum absolute atomic E-state index is 0.633. The zero-order chi connectivity index (χ0) is 11.1. The summed E-state index contributed by atoms with van der Waals surface area (Å²) in [7, 11) is 0. The average molecular weight is 216 g/mol. The summed E-state index contributed by atoms with van der Waals surface area (Å²) in [4.78, 5) is 2.58. The second-order valence-electron chi connectivity index (χ2n) is 5.32. The number of anilines is 1. The number of hydrogen-bond acceptors (Lipinski definition) is 2.